The van der Waals surface area contributed by atoms with Gasteiger partial charge >= 0.3 is 0 Å². The van der Waals surface area contributed by atoms with Crippen LogP contribution >= 0.6 is 0 Å². The van der Waals surface area contributed by atoms with Crippen molar-refractivity contribution in [3.05, 3.63) is 78.2 Å². The summed E-state index contributed by atoms with van der Waals surface area (Å²) in [4.78, 5) is 21.5. The maximum Gasteiger partial charge on any atom is 0.239 e. The Morgan fingerprint density at radius 1 is 1.12 bits per heavy atom. The Labute approximate surface area is 141 Å². The van der Waals surface area contributed by atoms with Crippen molar-refractivity contribution >= 4 is 5.91 Å². The van der Waals surface area contributed by atoms with Crippen molar-refractivity contribution in [2.24, 2.45) is 5.73 Å². The van der Waals surface area contributed by atoms with Crippen molar-refractivity contribution in [2.45, 2.75) is 12.6 Å². The van der Waals surface area contributed by atoms with Gasteiger partial charge in [-0.05, 0) is 18.2 Å². The molecule has 122 valence electrons. The maximum atomic E-state index is 11.9. The van der Waals surface area contributed by atoms with Crippen LogP contribution in [0.15, 0.2) is 66.9 Å². The van der Waals surface area contributed by atoms with Crippen molar-refractivity contribution in [1.29, 1.82) is 0 Å². The van der Waals surface area contributed by atoms with Gasteiger partial charge in [-0.25, -0.2) is 4.98 Å². The predicted octanol–water partition coefficient (Wildman–Crippen LogP) is 2.74. The summed E-state index contributed by atoms with van der Waals surface area (Å²) in [6.45, 7) is 0.495. The number of primary amides is 1. The number of nitrogens with one attached hydrogen (secondary N) is 1. The number of nitrogens with two attached hydrogens (primary N) is 1. The van der Waals surface area contributed by atoms with E-state index in [0.717, 1.165) is 22.6 Å². The zero-order chi connectivity index (χ0) is 16.9. The van der Waals surface area contributed by atoms with E-state index in [9.17, 15) is 4.79 Å². The molecule has 5 nitrogen and oxygen atoms in total. The van der Waals surface area contributed by atoms with Crippen LogP contribution in [0.1, 0.15) is 17.4 Å². The summed E-state index contributed by atoms with van der Waals surface area (Å²) >= 11 is 0. The Morgan fingerprint density at radius 2 is 1.75 bits per heavy atom. The van der Waals surface area contributed by atoms with E-state index in [4.69, 9.17) is 5.73 Å². The zero-order valence-electron chi connectivity index (χ0n) is 13.5. The first-order chi connectivity index (χ1) is 11.6. The number of H-pyrrole nitrogens is 1. The largest absolute Gasteiger partial charge is 0.368 e. The third-order valence-electron chi connectivity index (χ3n) is 3.94. The molecular weight excluding hydrogens is 300 g/mol. The normalized spacial score (nSPS) is 12.2. The summed E-state index contributed by atoms with van der Waals surface area (Å²) in [6.07, 6.45) is 1.81. The van der Waals surface area contributed by atoms with Gasteiger partial charge in [-0.15, -0.1) is 0 Å². The fourth-order valence-corrected chi connectivity index (χ4v) is 2.81. The molecule has 1 aromatic heterocycles. The summed E-state index contributed by atoms with van der Waals surface area (Å²) in [7, 11) is 1.87. The highest BCUT2D eigenvalue weighted by atomic mass is 16.1. The number of rotatable bonds is 6. The van der Waals surface area contributed by atoms with Crippen LogP contribution in [0.25, 0.3) is 11.3 Å². The van der Waals surface area contributed by atoms with E-state index in [2.05, 4.69) is 9.97 Å². The average molecular weight is 320 g/mol. The highest BCUT2D eigenvalue weighted by molar-refractivity contribution is 5.81. The molecule has 0 saturated heterocycles. The van der Waals surface area contributed by atoms with Crippen molar-refractivity contribution in [1.82, 2.24) is 14.9 Å². The Morgan fingerprint density at radius 3 is 2.38 bits per heavy atom. The van der Waals surface area contributed by atoms with Crippen LogP contribution in [0.3, 0.4) is 0 Å². The fourth-order valence-electron chi connectivity index (χ4n) is 2.81. The summed E-state index contributed by atoms with van der Waals surface area (Å²) in [6, 6.07) is 19.0. The lowest BCUT2D eigenvalue weighted by molar-refractivity contribution is -0.123. The van der Waals surface area contributed by atoms with Gasteiger partial charge < -0.3 is 10.7 Å². The van der Waals surface area contributed by atoms with Gasteiger partial charge in [-0.2, -0.15) is 0 Å². The number of benzene rings is 2. The molecule has 1 unspecified atom stereocenters. The Kier molecular flexibility index (Phi) is 4.72. The number of aromatic nitrogens is 2. The molecule has 0 bridgehead atoms. The first kappa shape index (κ1) is 16.0. The van der Waals surface area contributed by atoms with E-state index >= 15 is 0 Å². The molecule has 0 aliphatic rings. The minimum Gasteiger partial charge on any atom is -0.368 e. The van der Waals surface area contributed by atoms with Gasteiger partial charge in [0.15, 0.2) is 0 Å². The Hall–Kier alpha value is -2.92. The summed E-state index contributed by atoms with van der Waals surface area (Å²) in [5.41, 5.74) is 8.52. The number of aromatic amines is 1. The number of hydrogen-bond donors (Lipinski definition) is 2. The van der Waals surface area contributed by atoms with Gasteiger partial charge in [0, 0.05) is 0 Å². The smallest absolute Gasteiger partial charge is 0.239 e. The van der Waals surface area contributed by atoms with E-state index < -0.39 is 6.04 Å². The van der Waals surface area contributed by atoms with Crippen molar-refractivity contribution in [3.8, 4) is 11.3 Å². The van der Waals surface area contributed by atoms with Crippen LogP contribution in [0.4, 0.5) is 0 Å². The first-order valence-electron chi connectivity index (χ1n) is 7.79. The molecule has 3 rings (SSSR count). The number of carbonyl (C=O) groups is 1. The third kappa shape index (κ3) is 3.52. The number of hydrogen-bond acceptors (Lipinski definition) is 3. The average Bonchev–Trinajstić information content (AvgIpc) is 3.05. The van der Waals surface area contributed by atoms with E-state index in [1.807, 2.05) is 72.6 Å². The number of imidazole rings is 1. The molecule has 0 aliphatic heterocycles. The van der Waals surface area contributed by atoms with Gasteiger partial charge in [-0.3, -0.25) is 9.69 Å². The lowest BCUT2D eigenvalue weighted by Crippen LogP contribution is -2.35. The van der Waals surface area contributed by atoms with E-state index in [1.54, 1.807) is 6.20 Å². The summed E-state index contributed by atoms with van der Waals surface area (Å²) < 4.78 is 0. The number of likely N-dealkylation sites (N-methyl/N-ethyl adjacent to an activating group) is 1. The molecule has 24 heavy (non-hydrogen) atoms. The minimum atomic E-state index is -0.489. The van der Waals surface area contributed by atoms with Gasteiger partial charge in [0.25, 0.3) is 0 Å². The Bertz CT molecular complexity index is 799. The van der Waals surface area contributed by atoms with Crippen LogP contribution in [0.2, 0.25) is 0 Å². The molecule has 0 aliphatic carbocycles. The number of amides is 1. The number of nitrogens with zero attached hydrogens (tertiary/aromatic N) is 2. The molecule has 1 heterocycles. The predicted molar refractivity (Wildman–Crippen MR) is 93.9 cm³/mol. The summed E-state index contributed by atoms with van der Waals surface area (Å²) in [5, 5.41) is 0. The molecule has 3 N–H and O–H groups in total. The molecule has 1 atom stereocenters. The van der Waals surface area contributed by atoms with Crippen LogP contribution in [-0.4, -0.2) is 27.8 Å². The van der Waals surface area contributed by atoms with Gasteiger partial charge in [0.05, 0.1) is 18.4 Å². The van der Waals surface area contributed by atoms with Crippen molar-refractivity contribution in [2.75, 3.05) is 7.05 Å². The second kappa shape index (κ2) is 7.10. The second-order valence-electron chi connectivity index (χ2n) is 5.74. The molecule has 3 aromatic rings. The monoisotopic (exact) mass is 320 g/mol. The highest BCUT2D eigenvalue weighted by Gasteiger charge is 2.23. The van der Waals surface area contributed by atoms with E-state index in [0.29, 0.717) is 6.54 Å². The molecule has 0 fully saturated rings. The quantitative estimate of drug-likeness (QED) is 0.733. The zero-order valence-corrected chi connectivity index (χ0v) is 13.5. The topological polar surface area (TPSA) is 75.0 Å². The van der Waals surface area contributed by atoms with Crippen molar-refractivity contribution < 1.29 is 4.79 Å². The number of carbonyl (C=O) groups excluding carboxylic acids is 1. The fraction of sp³-hybridized carbons (Fsp3) is 0.158. The third-order valence-corrected chi connectivity index (χ3v) is 3.94. The minimum absolute atomic E-state index is 0.376. The second-order valence-corrected chi connectivity index (χ2v) is 5.74. The molecule has 0 spiro atoms. The standard InChI is InChI=1S/C19H20N4O/c1-23(18(19(20)24)15-10-6-3-7-11-15)13-17-21-12-16(22-17)14-8-4-2-5-9-14/h2-12,18H,13H2,1H3,(H2,20,24)(H,21,22). The van der Waals surface area contributed by atoms with Crippen LogP contribution in [-0.2, 0) is 11.3 Å². The van der Waals surface area contributed by atoms with Crippen molar-refractivity contribution in [3.63, 3.8) is 0 Å². The molecule has 0 radical (unpaired) electrons. The molecule has 2 aromatic carbocycles. The van der Waals surface area contributed by atoms with Gasteiger partial charge in [0.2, 0.25) is 5.91 Å². The molecule has 0 saturated carbocycles. The highest BCUT2D eigenvalue weighted by Crippen LogP contribution is 2.21. The maximum absolute atomic E-state index is 11.9. The van der Waals surface area contributed by atoms with Crippen LogP contribution in [0, 0.1) is 0 Å². The molecular formula is C19H20N4O. The Balaban J connectivity index is 1.77. The first-order valence-corrected chi connectivity index (χ1v) is 7.79. The molecule has 1 amide bonds. The SMILES string of the molecule is CN(Cc1ncc(-c2ccccc2)[nH]1)C(C(N)=O)c1ccccc1. The van der Waals surface area contributed by atoms with Crippen LogP contribution < -0.4 is 5.73 Å². The lowest BCUT2D eigenvalue weighted by Gasteiger charge is -2.24. The van der Waals surface area contributed by atoms with Crippen LogP contribution in [0.5, 0.6) is 0 Å². The van der Waals surface area contributed by atoms with E-state index in [1.165, 1.54) is 0 Å². The molecule has 5 heteroatoms. The van der Waals surface area contributed by atoms with Gasteiger partial charge in [-0.1, -0.05) is 60.7 Å². The lowest BCUT2D eigenvalue weighted by atomic mass is 10.1. The summed E-state index contributed by atoms with van der Waals surface area (Å²) in [5.74, 6) is 0.414. The van der Waals surface area contributed by atoms with Gasteiger partial charge in [0.1, 0.15) is 11.9 Å². The van der Waals surface area contributed by atoms with E-state index in [-0.39, 0.29) is 5.91 Å².